The molecule has 0 saturated carbocycles. The zero-order valence-corrected chi connectivity index (χ0v) is 13.3. The van der Waals surface area contributed by atoms with Crippen LogP contribution in [0.25, 0.3) is 17.0 Å². The number of pyridine rings is 1. The molecule has 0 fully saturated rings. The van der Waals surface area contributed by atoms with E-state index in [1.165, 1.54) is 12.2 Å². The molecule has 1 N–H and O–H groups in total. The number of H-pyrrole nitrogens is 1. The predicted octanol–water partition coefficient (Wildman–Crippen LogP) is 3.82. The van der Waals surface area contributed by atoms with Crippen molar-refractivity contribution in [2.24, 2.45) is 0 Å². The highest BCUT2D eigenvalue weighted by Gasteiger charge is 2.09. The molecule has 0 bridgehead atoms. The summed E-state index contributed by atoms with van der Waals surface area (Å²) >= 11 is 0. The fourth-order valence-corrected chi connectivity index (χ4v) is 2.49. The number of aromatic nitrogens is 1. The Kier molecular flexibility index (Phi) is 4.57. The second kappa shape index (κ2) is 6.96. The first-order chi connectivity index (χ1) is 11.7. The number of carbonyl (C=O) groups excluding carboxylic acids is 1. The zero-order valence-electron chi connectivity index (χ0n) is 13.3. The number of allylic oxidation sites excluding steroid dienone is 1. The van der Waals surface area contributed by atoms with Crippen molar-refractivity contribution in [2.75, 3.05) is 6.61 Å². The summed E-state index contributed by atoms with van der Waals surface area (Å²) in [5.41, 5.74) is 1.47. The lowest BCUT2D eigenvalue weighted by atomic mass is 10.1. The van der Waals surface area contributed by atoms with E-state index in [4.69, 9.17) is 4.74 Å². The normalized spacial score (nSPS) is 11.0. The van der Waals surface area contributed by atoms with Gasteiger partial charge in [-0.15, -0.1) is 0 Å². The Morgan fingerprint density at radius 1 is 1.12 bits per heavy atom. The molecule has 0 saturated heterocycles. The lowest BCUT2D eigenvalue weighted by molar-refractivity contribution is 0.104. The highest BCUT2D eigenvalue weighted by molar-refractivity contribution is 6.08. The lowest BCUT2D eigenvalue weighted by Gasteiger charge is -2.06. The maximum absolute atomic E-state index is 12.4. The van der Waals surface area contributed by atoms with Crippen LogP contribution >= 0.6 is 0 Å². The number of rotatable bonds is 5. The van der Waals surface area contributed by atoms with Gasteiger partial charge < -0.3 is 9.72 Å². The molecule has 0 atom stereocenters. The molecule has 2 aromatic carbocycles. The van der Waals surface area contributed by atoms with Crippen molar-refractivity contribution in [2.45, 2.75) is 6.92 Å². The molecule has 0 amide bonds. The maximum Gasteiger partial charge on any atom is 0.255 e. The van der Waals surface area contributed by atoms with E-state index < -0.39 is 0 Å². The average Bonchev–Trinajstić information content (AvgIpc) is 2.60. The van der Waals surface area contributed by atoms with Crippen LogP contribution in [0.4, 0.5) is 0 Å². The van der Waals surface area contributed by atoms with Crippen LogP contribution in [0.15, 0.2) is 65.5 Å². The fourth-order valence-electron chi connectivity index (χ4n) is 2.49. The van der Waals surface area contributed by atoms with E-state index in [-0.39, 0.29) is 11.3 Å². The number of ether oxygens (including phenoxy) is 1. The van der Waals surface area contributed by atoms with Gasteiger partial charge in [-0.3, -0.25) is 9.59 Å². The van der Waals surface area contributed by atoms with Crippen molar-refractivity contribution in [3.05, 3.63) is 82.2 Å². The second-order valence-electron chi connectivity index (χ2n) is 5.27. The van der Waals surface area contributed by atoms with Crippen molar-refractivity contribution < 1.29 is 9.53 Å². The van der Waals surface area contributed by atoms with Crippen molar-refractivity contribution in [1.82, 2.24) is 4.98 Å². The molecule has 0 radical (unpaired) electrons. The van der Waals surface area contributed by atoms with Crippen LogP contribution in [0.2, 0.25) is 0 Å². The molecular weight excluding hydrogens is 302 g/mol. The Labute approximate surface area is 139 Å². The summed E-state index contributed by atoms with van der Waals surface area (Å²) in [6, 6.07) is 16.4. The minimum absolute atomic E-state index is 0.202. The molecule has 0 unspecified atom stereocenters. The summed E-state index contributed by atoms with van der Waals surface area (Å²) < 4.78 is 5.47. The Hall–Kier alpha value is -3.14. The van der Waals surface area contributed by atoms with Crippen molar-refractivity contribution in [3.63, 3.8) is 0 Å². The third kappa shape index (κ3) is 3.27. The van der Waals surface area contributed by atoms with Crippen molar-refractivity contribution in [3.8, 4) is 5.75 Å². The van der Waals surface area contributed by atoms with Crippen LogP contribution in [0.3, 0.4) is 0 Å². The largest absolute Gasteiger partial charge is 0.493 e. The molecule has 0 spiro atoms. The second-order valence-corrected chi connectivity index (χ2v) is 5.27. The van der Waals surface area contributed by atoms with Gasteiger partial charge in [-0.1, -0.05) is 30.3 Å². The Balaban J connectivity index is 1.92. The minimum Gasteiger partial charge on any atom is -0.493 e. The number of ketones is 1. The van der Waals surface area contributed by atoms with Gasteiger partial charge in [0.25, 0.3) is 5.56 Å². The first kappa shape index (κ1) is 15.7. The molecule has 1 heterocycles. The third-order valence-corrected chi connectivity index (χ3v) is 3.65. The van der Waals surface area contributed by atoms with Gasteiger partial charge in [-0.05, 0) is 48.7 Å². The quantitative estimate of drug-likeness (QED) is 0.574. The van der Waals surface area contributed by atoms with Gasteiger partial charge in [0, 0.05) is 11.1 Å². The summed E-state index contributed by atoms with van der Waals surface area (Å²) in [7, 11) is 0. The molecule has 4 nitrogen and oxygen atoms in total. The van der Waals surface area contributed by atoms with Crippen LogP contribution in [0.5, 0.6) is 5.75 Å². The molecule has 120 valence electrons. The number of aromatic amines is 1. The van der Waals surface area contributed by atoms with Crippen LogP contribution < -0.4 is 10.3 Å². The topological polar surface area (TPSA) is 59.2 Å². The maximum atomic E-state index is 12.4. The average molecular weight is 319 g/mol. The molecule has 0 aliphatic rings. The molecule has 1 aromatic heterocycles. The number of carbonyl (C=O) groups is 1. The number of fused-ring (bicyclic) bond motifs is 1. The van der Waals surface area contributed by atoms with Gasteiger partial charge in [0.2, 0.25) is 0 Å². The van der Waals surface area contributed by atoms with Crippen LogP contribution in [0, 0.1) is 0 Å². The van der Waals surface area contributed by atoms with E-state index in [2.05, 4.69) is 4.98 Å². The number of para-hydroxylation sites is 2. The SMILES string of the molecule is CCOc1ccccc1C(=O)/C=C/c1cc2ccccc2[nH]c1=O. The van der Waals surface area contributed by atoms with Gasteiger partial charge in [-0.25, -0.2) is 0 Å². The number of nitrogens with one attached hydrogen (secondary N) is 1. The van der Waals surface area contributed by atoms with E-state index in [0.717, 1.165) is 10.9 Å². The number of hydrogen-bond acceptors (Lipinski definition) is 3. The van der Waals surface area contributed by atoms with Gasteiger partial charge in [0.1, 0.15) is 5.75 Å². The van der Waals surface area contributed by atoms with Gasteiger partial charge >= 0.3 is 0 Å². The summed E-state index contributed by atoms with van der Waals surface area (Å²) in [5, 5.41) is 0.916. The number of benzene rings is 2. The zero-order chi connectivity index (χ0) is 16.9. The summed E-state index contributed by atoms with van der Waals surface area (Å²) in [6.45, 7) is 2.35. The molecule has 0 aliphatic carbocycles. The van der Waals surface area contributed by atoms with E-state index in [1.54, 1.807) is 24.3 Å². The summed E-state index contributed by atoms with van der Waals surface area (Å²) in [6.07, 6.45) is 2.94. The van der Waals surface area contributed by atoms with E-state index in [1.807, 2.05) is 37.3 Å². The van der Waals surface area contributed by atoms with Crippen molar-refractivity contribution >= 4 is 22.8 Å². The molecular formula is C20H17NO3. The molecule has 3 aromatic rings. The summed E-state index contributed by atoms with van der Waals surface area (Å²) in [4.78, 5) is 27.3. The first-order valence-electron chi connectivity index (χ1n) is 7.75. The highest BCUT2D eigenvalue weighted by Crippen LogP contribution is 2.19. The fraction of sp³-hybridized carbons (Fsp3) is 0.100. The minimum atomic E-state index is -0.226. The van der Waals surface area contributed by atoms with Crippen molar-refractivity contribution in [1.29, 1.82) is 0 Å². The standard InChI is InChI=1S/C20H17NO3/c1-2-24-19-10-6-4-8-16(19)18(22)12-11-15-13-14-7-3-5-9-17(14)21-20(15)23/h3-13H,2H2,1H3,(H,21,23)/b12-11+. The monoisotopic (exact) mass is 319 g/mol. The van der Waals surface area contributed by atoms with E-state index >= 15 is 0 Å². The van der Waals surface area contributed by atoms with Gasteiger partial charge in [0.05, 0.1) is 12.2 Å². The number of hydrogen-bond donors (Lipinski definition) is 1. The Bertz CT molecular complexity index is 970. The molecule has 24 heavy (non-hydrogen) atoms. The highest BCUT2D eigenvalue weighted by atomic mass is 16.5. The van der Waals surface area contributed by atoms with E-state index in [0.29, 0.717) is 23.5 Å². The van der Waals surface area contributed by atoms with Crippen LogP contribution in [-0.2, 0) is 0 Å². The smallest absolute Gasteiger partial charge is 0.255 e. The molecule has 4 heteroatoms. The first-order valence-corrected chi connectivity index (χ1v) is 7.75. The Morgan fingerprint density at radius 3 is 2.71 bits per heavy atom. The van der Waals surface area contributed by atoms with E-state index in [9.17, 15) is 9.59 Å². The van der Waals surface area contributed by atoms with Crippen LogP contribution in [-0.4, -0.2) is 17.4 Å². The van der Waals surface area contributed by atoms with Gasteiger partial charge in [-0.2, -0.15) is 0 Å². The summed E-state index contributed by atoms with van der Waals surface area (Å²) in [5.74, 6) is 0.341. The third-order valence-electron chi connectivity index (χ3n) is 3.65. The van der Waals surface area contributed by atoms with Gasteiger partial charge in [0.15, 0.2) is 5.78 Å². The van der Waals surface area contributed by atoms with Crippen LogP contribution in [0.1, 0.15) is 22.8 Å². The molecule has 3 rings (SSSR count). The predicted molar refractivity (Wildman–Crippen MR) is 95.5 cm³/mol. The molecule has 0 aliphatic heterocycles. The Morgan fingerprint density at radius 2 is 1.88 bits per heavy atom. The lowest BCUT2D eigenvalue weighted by Crippen LogP contribution is -2.09.